The van der Waals surface area contributed by atoms with Gasteiger partial charge < -0.3 is 10.6 Å². The van der Waals surface area contributed by atoms with Gasteiger partial charge >= 0.3 is 0 Å². The Balaban J connectivity index is 0.000000204. The molecule has 0 aliphatic carbocycles. The van der Waals surface area contributed by atoms with E-state index in [9.17, 15) is 0 Å². The fraction of sp³-hybridized carbons (Fsp3) is 0.333. The SMILES string of the molecule is CCN(CC)c1ccccc1.Cc1cccc(N)c1C. The van der Waals surface area contributed by atoms with Crippen molar-refractivity contribution in [2.24, 2.45) is 0 Å². The van der Waals surface area contributed by atoms with Gasteiger partial charge in [0.2, 0.25) is 0 Å². The number of nitrogens with two attached hydrogens (primary N) is 1. The van der Waals surface area contributed by atoms with E-state index in [1.165, 1.54) is 16.8 Å². The summed E-state index contributed by atoms with van der Waals surface area (Å²) in [6, 6.07) is 16.4. The fourth-order valence-electron chi connectivity index (χ4n) is 2.00. The van der Waals surface area contributed by atoms with Crippen LogP contribution in [0.5, 0.6) is 0 Å². The van der Waals surface area contributed by atoms with E-state index in [-0.39, 0.29) is 0 Å². The van der Waals surface area contributed by atoms with Crippen molar-refractivity contribution in [2.75, 3.05) is 23.7 Å². The number of aryl methyl sites for hydroxylation is 1. The molecule has 2 aromatic rings. The minimum Gasteiger partial charge on any atom is -0.399 e. The highest BCUT2D eigenvalue weighted by Crippen LogP contribution is 2.13. The molecular formula is C18H26N2. The zero-order valence-corrected chi connectivity index (χ0v) is 13.1. The standard InChI is InChI=1S/C10H15N.C8H11N/c1-3-11(4-2)10-8-6-5-7-9-10;1-6-4-3-5-8(9)7(6)2/h5-9H,3-4H2,1-2H3;3-5H,9H2,1-2H3. The minimum atomic E-state index is 0.884. The summed E-state index contributed by atoms with van der Waals surface area (Å²) in [6.07, 6.45) is 0. The maximum atomic E-state index is 5.62. The molecule has 2 rings (SSSR count). The maximum Gasteiger partial charge on any atom is 0.0365 e. The molecule has 2 N–H and O–H groups in total. The molecule has 0 saturated carbocycles. The zero-order valence-electron chi connectivity index (χ0n) is 13.1. The topological polar surface area (TPSA) is 29.3 Å². The van der Waals surface area contributed by atoms with Crippen LogP contribution in [0.2, 0.25) is 0 Å². The molecule has 0 saturated heterocycles. The lowest BCUT2D eigenvalue weighted by Crippen LogP contribution is -2.21. The van der Waals surface area contributed by atoms with Gasteiger partial charge in [-0.3, -0.25) is 0 Å². The van der Waals surface area contributed by atoms with Crippen molar-refractivity contribution in [3.8, 4) is 0 Å². The van der Waals surface area contributed by atoms with Crippen LogP contribution in [0.25, 0.3) is 0 Å². The van der Waals surface area contributed by atoms with E-state index in [2.05, 4.69) is 56.0 Å². The first-order valence-corrected chi connectivity index (χ1v) is 7.21. The van der Waals surface area contributed by atoms with Crippen molar-refractivity contribution in [1.29, 1.82) is 0 Å². The Labute approximate surface area is 123 Å². The number of nitrogens with zero attached hydrogens (tertiary/aromatic N) is 1. The van der Waals surface area contributed by atoms with Gasteiger partial charge in [0, 0.05) is 24.5 Å². The van der Waals surface area contributed by atoms with Crippen LogP contribution in [-0.4, -0.2) is 13.1 Å². The number of anilines is 2. The Morgan fingerprint density at radius 1 is 0.850 bits per heavy atom. The van der Waals surface area contributed by atoms with Crippen LogP contribution in [0.1, 0.15) is 25.0 Å². The van der Waals surface area contributed by atoms with Gasteiger partial charge in [0.25, 0.3) is 0 Å². The van der Waals surface area contributed by atoms with Crippen molar-refractivity contribution in [1.82, 2.24) is 0 Å². The molecule has 20 heavy (non-hydrogen) atoms. The first-order valence-electron chi connectivity index (χ1n) is 7.21. The number of benzene rings is 2. The second kappa shape index (κ2) is 8.26. The molecule has 0 fully saturated rings. The quantitative estimate of drug-likeness (QED) is 0.837. The van der Waals surface area contributed by atoms with E-state index in [4.69, 9.17) is 5.73 Å². The molecule has 2 heteroatoms. The minimum absolute atomic E-state index is 0.884. The third kappa shape index (κ3) is 4.61. The van der Waals surface area contributed by atoms with Gasteiger partial charge in [-0.1, -0.05) is 30.3 Å². The lowest BCUT2D eigenvalue weighted by atomic mass is 10.1. The molecule has 0 heterocycles. The molecule has 0 radical (unpaired) electrons. The third-order valence-electron chi connectivity index (χ3n) is 3.53. The molecule has 108 valence electrons. The van der Waals surface area contributed by atoms with Gasteiger partial charge in [-0.05, 0) is 57.0 Å². The molecule has 0 aliphatic rings. The van der Waals surface area contributed by atoms with E-state index in [0.717, 1.165) is 18.8 Å². The summed E-state index contributed by atoms with van der Waals surface area (Å²) in [5.41, 5.74) is 10.3. The Kier molecular flexibility index (Phi) is 6.65. The van der Waals surface area contributed by atoms with Gasteiger partial charge in [-0.25, -0.2) is 0 Å². The number of para-hydroxylation sites is 1. The van der Waals surface area contributed by atoms with Crippen LogP contribution in [0.15, 0.2) is 48.5 Å². The predicted molar refractivity (Wildman–Crippen MR) is 90.3 cm³/mol. The van der Waals surface area contributed by atoms with Crippen molar-refractivity contribution >= 4 is 11.4 Å². The van der Waals surface area contributed by atoms with Gasteiger partial charge in [0.1, 0.15) is 0 Å². The summed E-state index contributed by atoms with van der Waals surface area (Å²) >= 11 is 0. The summed E-state index contributed by atoms with van der Waals surface area (Å²) in [7, 11) is 0. The van der Waals surface area contributed by atoms with Crippen molar-refractivity contribution in [3.63, 3.8) is 0 Å². The molecule has 0 unspecified atom stereocenters. The zero-order chi connectivity index (χ0) is 15.0. The molecule has 0 bridgehead atoms. The van der Waals surface area contributed by atoms with E-state index in [1.54, 1.807) is 0 Å². The summed E-state index contributed by atoms with van der Waals surface area (Å²) in [4.78, 5) is 2.33. The summed E-state index contributed by atoms with van der Waals surface area (Å²) in [5, 5.41) is 0. The highest BCUT2D eigenvalue weighted by Gasteiger charge is 1.97. The van der Waals surface area contributed by atoms with Crippen LogP contribution in [0.3, 0.4) is 0 Å². The van der Waals surface area contributed by atoms with Crippen LogP contribution in [-0.2, 0) is 0 Å². The van der Waals surface area contributed by atoms with Crippen molar-refractivity contribution in [3.05, 3.63) is 59.7 Å². The Morgan fingerprint density at radius 2 is 1.45 bits per heavy atom. The average molecular weight is 270 g/mol. The van der Waals surface area contributed by atoms with Crippen molar-refractivity contribution in [2.45, 2.75) is 27.7 Å². The molecule has 0 amide bonds. The van der Waals surface area contributed by atoms with Crippen LogP contribution >= 0.6 is 0 Å². The second-order valence-corrected chi connectivity index (χ2v) is 4.80. The normalized spacial score (nSPS) is 9.60. The predicted octanol–water partition coefficient (Wildman–Crippen LogP) is 4.42. The first kappa shape index (κ1) is 16.1. The van der Waals surface area contributed by atoms with Crippen LogP contribution in [0, 0.1) is 13.8 Å². The molecule has 0 aromatic heterocycles. The van der Waals surface area contributed by atoms with Crippen LogP contribution in [0.4, 0.5) is 11.4 Å². The Morgan fingerprint density at radius 3 is 1.90 bits per heavy atom. The lowest BCUT2D eigenvalue weighted by Gasteiger charge is -2.20. The third-order valence-corrected chi connectivity index (χ3v) is 3.53. The molecule has 2 aromatic carbocycles. The van der Waals surface area contributed by atoms with Crippen LogP contribution < -0.4 is 10.6 Å². The van der Waals surface area contributed by atoms with Gasteiger partial charge in [-0.2, -0.15) is 0 Å². The largest absolute Gasteiger partial charge is 0.399 e. The Hall–Kier alpha value is -1.96. The smallest absolute Gasteiger partial charge is 0.0365 e. The first-order chi connectivity index (χ1) is 9.60. The number of hydrogen-bond donors (Lipinski definition) is 1. The van der Waals surface area contributed by atoms with E-state index >= 15 is 0 Å². The number of hydrogen-bond acceptors (Lipinski definition) is 2. The number of rotatable bonds is 3. The monoisotopic (exact) mass is 270 g/mol. The van der Waals surface area contributed by atoms with Crippen molar-refractivity contribution < 1.29 is 0 Å². The fourth-order valence-corrected chi connectivity index (χ4v) is 2.00. The number of nitrogen functional groups attached to an aromatic ring is 1. The Bertz CT molecular complexity index is 482. The molecule has 0 atom stereocenters. The molecule has 0 aliphatic heterocycles. The van der Waals surface area contributed by atoms with Gasteiger partial charge in [-0.15, -0.1) is 0 Å². The summed E-state index contributed by atoms with van der Waals surface area (Å²) < 4.78 is 0. The second-order valence-electron chi connectivity index (χ2n) is 4.80. The summed E-state index contributed by atoms with van der Waals surface area (Å²) in [6.45, 7) is 10.6. The van der Waals surface area contributed by atoms with Gasteiger partial charge in [0.05, 0.1) is 0 Å². The van der Waals surface area contributed by atoms with E-state index in [1.807, 2.05) is 25.1 Å². The highest BCUT2D eigenvalue weighted by molar-refractivity contribution is 5.49. The molecule has 2 nitrogen and oxygen atoms in total. The molecule has 0 spiro atoms. The summed E-state index contributed by atoms with van der Waals surface area (Å²) in [5.74, 6) is 0. The van der Waals surface area contributed by atoms with E-state index < -0.39 is 0 Å². The lowest BCUT2D eigenvalue weighted by molar-refractivity contribution is 0.866. The van der Waals surface area contributed by atoms with E-state index in [0.29, 0.717) is 0 Å². The maximum absolute atomic E-state index is 5.62. The molecular weight excluding hydrogens is 244 g/mol. The highest BCUT2D eigenvalue weighted by atomic mass is 15.1. The van der Waals surface area contributed by atoms with Gasteiger partial charge in [0.15, 0.2) is 0 Å². The average Bonchev–Trinajstić information content (AvgIpc) is 2.48.